The molecule has 148 valence electrons. The lowest BCUT2D eigenvalue weighted by Crippen LogP contribution is -2.19. The van der Waals surface area contributed by atoms with Gasteiger partial charge in [0.2, 0.25) is 5.91 Å². The molecule has 2 rings (SSSR count). The van der Waals surface area contributed by atoms with Crippen molar-refractivity contribution in [3.05, 3.63) is 71.8 Å². The molecule has 0 aliphatic carbocycles. The van der Waals surface area contributed by atoms with Crippen LogP contribution in [0.1, 0.15) is 23.6 Å². The van der Waals surface area contributed by atoms with Crippen molar-refractivity contribution in [3.8, 4) is 11.5 Å². The maximum absolute atomic E-state index is 12.0. The zero-order valence-corrected chi connectivity index (χ0v) is 17.1. The number of hydrogen-bond acceptors (Lipinski definition) is 5. The molecule has 0 aromatic heterocycles. The van der Waals surface area contributed by atoms with Crippen LogP contribution >= 0.6 is 11.8 Å². The number of aryl methyl sites for hydroxylation is 1. The largest absolute Gasteiger partial charge is 0.490 e. The number of benzene rings is 2. The molecule has 0 unspecified atom stereocenters. The zero-order chi connectivity index (χ0) is 20.2. The summed E-state index contributed by atoms with van der Waals surface area (Å²) >= 11 is 1.56. The van der Waals surface area contributed by atoms with E-state index < -0.39 is 0 Å². The van der Waals surface area contributed by atoms with Crippen LogP contribution in [0.4, 0.5) is 0 Å². The molecule has 0 spiro atoms. The Morgan fingerprint density at radius 3 is 2.79 bits per heavy atom. The van der Waals surface area contributed by atoms with Gasteiger partial charge in [0.1, 0.15) is 6.61 Å². The number of rotatable bonds is 11. The molecule has 0 atom stereocenters. The van der Waals surface area contributed by atoms with Crippen LogP contribution in [-0.2, 0) is 10.5 Å². The number of nitrogens with zero attached hydrogens (tertiary/aromatic N) is 1. The number of hydrogen-bond donors (Lipinski definition) is 1. The van der Waals surface area contributed by atoms with Gasteiger partial charge in [-0.15, -0.1) is 11.8 Å². The zero-order valence-electron chi connectivity index (χ0n) is 16.3. The van der Waals surface area contributed by atoms with Gasteiger partial charge in [0, 0.05) is 5.75 Å². The Hall–Kier alpha value is -2.73. The Morgan fingerprint density at radius 2 is 2.04 bits per heavy atom. The predicted molar refractivity (Wildman–Crippen MR) is 116 cm³/mol. The normalized spacial score (nSPS) is 10.6. The van der Waals surface area contributed by atoms with Gasteiger partial charge in [-0.1, -0.05) is 36.9 Å². The summed E-state index contributed by atoms with van der Waals surface area (Å²) in [6.07, 6.45) is 3.27. The number of amides is 1. The van der Waals surface area contributed by atoms with Crippen molar-refractivity contribution in [3.63, 3.8) is 0 Å². The van der Waals surface area contributed by atoms with Gasteiger partial charge in [-0.2, -0.15) is 5.10 Å². The van der Waals surface area contributed by atoms with E-state index in [1.165, 1.54) is 11.1 Å². The standard InChI is InChI=1S/C22H26N2O3S/c1-4-12-27-20-11-10-18(13-21(20)26-5-2)14-23-24-22(25)16-28-15-19-9-7-6-8-17(19)3/h4,6-11,13-14H,1,5,12,15-16H2,2-3H3,(H,24,25)/b23-14-. The summed E-state index contributed by atoms with van der Waals surface area (Å²) in [5, 5.41) is 4.03. The van der Waals surface area contributed by atoms with Crippen LogP contribution in [-0.4, -0.2) is 31.1 Å². The maximum atomic E-state index is 12.0. The number of hydrazone groups is 1. The summed E-state index contributed by atoms with van der Waals surface area (Å²) < 4.78 is 11.2. The van der Waals surface area contributed by atoms with Gasteiger partial charge in [-0.05, 0) is 48.7 Å². The second-order valence-corrected chi connectivity index (χ2v) is 6.94. The van der Waals surface area contributed by atoms with Crippen molar-refractivity contribution in [1.82, 2.24) is 5.43 Å². The van der Waals surface area contributed by atoms with E-state index in [9.17, 15) is 4.79 Å². The SMILES string of the molecule is C=CCOc1ccc(/C=N\NC(=O)CSCc2ccccc2C)cc1OCC. The van der Waals surface area contributed by atoms with E-state index in [0.717, 1.165) is 11.3 Å². The van der Waals surface area contributed by atoms with Crippen LogP contribution in [0.3, 0.4) is 0 Å². The minimum atomic E-state index is -0.134. The van der Waals surface area contributed by atoms with E-state index in [0.29, 0.717) is 30.5 Å². The molecular weight excluding hydrogens is 372 g/mol. The number of thioether (sulfide) groups is 1. The molecule has 5 nitrogen and oxygen atoms in total. The van der Waals surface area contributed by atoms with E-state index in [1.54, 1.807) is 24.1 Å². The fraction of sp³-hybridized carbons (Fsp3) is 0.273. The molecule has 0 aliphatic heterocycles. The van der Waals surface area contributed by atoms with Crippen LogP contribution in [0.2, 0.25) is 0 Å². The Kier molecular flexibility index (Phi) is 9.15. The van der Waals surface area contributed by atoms with Crippen LogP contribution in [0.5, 0.6) is 11.5 Å². The van der Waals surface area contributed by atoms with Gasteiger partial charge in [-0.25, -0.2) is 5.43 Å². The highest BCUT2D eigenvalue weighted by Gasteiger charge is 2.06. The summed E-state index contributed by atoms with van der Waals surface area (Å²) in [6.45, 7) is 8.56. The number of carbonyl (C=O) groups excluding carboxylic acids is 1. The Bertz CT molecular complexity index is 821. The Labute approximate surface area is 170 Å². The molecule has 0 aliphatic rings. The van der Waals surface area contributed by atoms with Gasteiger partial charge in [0.15, 0.2) is 11.5 Å². The van der Waals surface area contributed by atoms with Crippen molar-refractivity contribution in [2.75, 3.05) is 19.0 Å². The molecule has 6 heteroatoms. The van der Waals surface area contributed by atoms with Gasteiger partial charge >= 0.3 is 0 Å². The summed E-state index contributed by atoms with van der Waals surface area (Å²) in [4.78, 5) is 12.0. The third-order valence-corrected chi connectivity index (χ3v) is 4.76. The van der Waals surface area contributed by atoms with Crippen LogP contribution in [0.25, 0.3) is 0 Å². The van der Waals surface area contributed by atoms with Crippen molar-refractivity contribution in [2.24, 2.45) is 5.10 Å². The van der Waals surface area contributed by atoms with Crippen molar-refractivity contribution >= 4 is 23.9 Å². The topological polar surface area (TPSA) is 59.9 Å². The Balaban J connectivity index is 1.84. The average Bonchev–Trinajstić information content (AvgIpc) is 2.69. The van der Waals surface area contributed by atoms with E-state index in [-0.39, 0.29) is 5.91 Å². The average molecular weight is 399 g/mol. The van der Waals surface area contributed by atoms with E-state index in [1.807, 2.05) is 37.3 Å². The number of ether oxygens (including phenoxy) is 2. The highest BCUT2D eigenvalue weighted by atomic mass is 32.2. The molecule has 0 saturated carbocycles. The van der Waals surface area contributed by atoms with E-state index in [2.05, 4.69) is 36.2 Å². The van der Waals surface area contributed by atoms with Gasteiger partial charge in [0.25, 0.3) is 0 Å². The van der Waals surface area contributed by atoms with Gasteiger partial charge in [0.05, 0.1) is 18.6 Å². The summed E-state index contributed by atoms with van der Waals surface area (Å²) in [6, 6.07) is 13.7. The molecule has 1 amide bonds. The first-order valence-corrected chi connectivity index (χ1v) is 10.2. The lowest BCUT2D eigenvalue weighted by Gasteiger charge is -2.11. The lowest BCUT2D eigenvalue weighted by atomic mass is 10.1. The molecule has 0 radical (unpaired) electrons. The third-order valence-electron chi connectivity index (χ3n) is 3.78. The molecule has 2 aromatic rings. The van der Waals surface area contributed by atoms with Crippen LogP contribution in [0, 0.1) is 6.92 Å². The summed E-state index contributed by atoms with van der Waals surface area (Å²) in [5.74, 6) is 2.30. The highest BCUT2D eigenvalue weighted by Crippen LogP contribution is 2.28. The summed E-state index contributed by atoms with van der Waals surface area (Å²) in [5.41, 5.74) is 5.84. The van der Waals surface area contributed by atoms with Crippen molar-refractivity contribution < 1.29 is 14.3 Å². The molecule has 0 bridgehead atoms. The monoisotopic (exact) mass is 398 g/mol. The number of nitrogens with one attached hydrogen (secondary N) is 1. The minimum absolute atomic E-state index is 0.134. The van der Waals surface area contributed by atoms with Crippen LogP contribution < -0.4 is 14.9 Å². The maximum Gasteiger partial charge on any atom is 0.250 e. The third kappa shape index (κ3) is 7.12. The summed E-state index contributed by atoms with van der Waals surface area (Å²) in [7, 11) is 0. The quantitative estimate of drug-likeness (QED) is 0.347. The second-order valence-electron chi connectivity index (χ2n) is 5.95. The molecule has 0 saturated heterocycles. The smallest absolute Gasteiger partial charge is 0.250 e. The van der Waals surface area contributed by atoms with Gasteiger partial charge in [-0.3, -0.25) is 4.79 Å². The lowest BCUT2D eigenvalue weighted by molar-refractivity contribution is -0.118. The highest BCUT2D eigenvalue weighted by molar-refractivity contribution is 7.99. The molecule has 0 heterocycles. The molecular formula is C22H26N2O3S. The predicted octanol–water partition coefficient (Wildman–Crippen LogP) is 4.34. The number of carbonyl (C=O) groups is 1. The van der Waals surface area contributed by atoms with Crippen molar-refractivity contribution in [2.45, 2.75) is 19.6 Å². The fourth-order valence-corrected chi connectivity index (χ4v) is 3.27. The first-order valence-electron chi connectivity index (χ1n) is 9.08. The van der Waals surface area contributed by atoms with E-state index >= 15 is 0 Å². The van der Waals surface area contributed by atoms with Crippen molar-refractivity contribution in [1.29, 1.82) is 0 Å². The fourth-order valence-electron chi connectivity index (χ4n) is 2.38. The van der Waals surface area contributed by atoms with Crippen LogP contribution in [0.15, 0.2) is 60.2 Å². The molecule has 2 aromatic carbocycles. The molecule has 0 fully saturated rings. The van der Waals surface area contributed by atoms with E-state index in [4.69, 9.17) is 9.47 Å². The van der Waals surface area contributed by atoms with Gasteiger partial charge < -0.3 is 9.47 Å². The first kappa shape index (κ1) is 21.6. The first-order chi connectivity index (χ1) is 13.6. The molecule has 28 heavy (non-hydrogen) atoms. The second kappa shape index (κ2) is 11.9. The minimum Gasteiger partial charge on any atom is -0.490 e. The Morgan fingerprint density at radius 1 is 1.21 bits per heavy atom. The molecule has 1 N–H and O–H groups in total.